The van der Waals surface area contributed by atoms with Crippen LogP contribution in [0.4, 0.5) is 4.79 Å². The number of carbonyl (C=O) groups is 8. The van der Waals surface area contributed by atoms with Gasteiger partial charge in [0.2, 0.25) is 35.4 Å². The number of aliphatic hydroxyl groups excluding tert-OH is 6. The van der Waals surface area contributed by atoms with Crippen molar-refractivity contribution >= 4 is 71.1 Å². The van der Waals surface area contributed by atoms with Crippen molar-refractivity contribution in [2.24, 2.45) is 5.92 Å². The van der Waals surface area contributed by atoms with E-state index >= 15 is 4.79 Å². The van der Waals surface area contributed by atoms with E-state index in [-0.39, 0.29) is 70.3 Å². The van der Waals surface area contributed by atoms with Gasteiger partial charge in [-0.3, -0.25) is 38.6 Å². The number of amides is 8. The summed E-state index contributed by atoms with van der Waals surface area (Å²) in [4.78, 5) is 129. The van der Waals surface area contributed by atoms with E-state index in [2.05, 4.69) is 51.5 Å². The van der Waals surface area contributed by atoms with Gasteiger partial charge in [-0.1, -0.05) is 55.7 Å². The van der Waals surface area contributed by atoms with E-state index in [9.17, 15) is 79.4 Å². The number of rotatable bonds is 27. The molecule has 0 bridgehead atoms. The first kappa shape index (κ1) is 81.4. The summed E-state index contributed by atoms with van der Waals surface area (Å²) in [6.45, 7) is 2.38. The van der Waals surface area contributed by atoms with E-state index in [0.717, 1.165) is 73.1 Å². The normalized spacial score (nSPS) is 23.2. The smallest absolute Gasteiger partial charge is 0.691 e. The molecule has 3 fully saturated rings. The van der Waals surface area contributed by atoms with Crippen LogP contribution in [0.5, 0.6) is 17.2 Å². The fourth-order valence-electron chi connectivity index (χ4n) is 11.5. The number of aromatic nitrogens is 2. The Morgan fingerprint density at radius 2 is 1.42 bits per heavy atom. The quantitative estimate of drug-likeness (QED) is 0.00780. The first-order valence-corrected chi connectivity index (χ1v) is 33.8. The average Bonchev–Trinajstić information content (AvgIpc) is 1.62. The minimum absolute atomic E-state index is 0. The number of unbranched alkanes of at least 4 members (excludes halogenated alkanes) is 4. The van der Waals surface area contributed by atoms with Gasteiger partial charge in [-0.05, 0) is 87.2 Å². The zero-order valence-corrected chi connectivity index (χ0v) is 59.9. The van der Waals surface area contributed by atoms with E-state index in [0.29, 0.717) is 27.9 Å². The van der Waals surface area contributed by atoms with Crippen LogP contribution < -0.4 is 81.5 Å². The van der Waals surface area contributed by atoms with E-state index in [1.807, 2.05) is 24.3 Å². The Labute approximate surface area is 613 Å². The molecule has 5 heterocycles. The average molecular weight is 1480 g/mol. The van der Waals surface area contributed by atoms with Crippen LogP contribution in [0.3, 0.4) is 0 Å². The number of hydrogen-bond donors (Lipinski definition) is 13. The van der Waals surface area contributed by atoms with Crippen LogP contribution in [0.15, 0.2) is 80.4 Å². The molecule has 3 aromatic carbocycles. The first-order valence-electron chi connectivity index (χ1n) is 32.3. The standard InChI is InChI=1S/C64H82N10O25S2.Na/c1-32-29-74-52(53(32)81)58(86)66-28-39(76)26-42(67-54(82)36-11-13-37(14-12-36)59-71-72-60(100-59)38-15-17-41(18-16-38)93-23-9-7-5-6-8-22-92-4)55(83)68-49(33(2)75)61(87)73-30-40(77)27-43(73)56(84)69-50(46(80)24-35-10-19-44(78)47(25-35)97-101-99-98-91)57(85)70-51(62(74)88)45(79)20-21-65-63(89)94-31-48-34(3)95-64(90)96-48;/h10-19,25,32-33,39-40,42-43,45-46,49-53,75-81,91H,5-9,20-24,26-31H2,1-4H3,(H,65,89)(H,66,86)(H,67,82)(H,68,83)(H,69,84)(H,70,85);/q;+1/p-1/t32-,33-,39+,40-,42+,43+,45-,46-,49+,50+,51+,52+,53+;/m1./s1. The fraction of sp³-hybridized carbons (Fsp3) is 0.516. The molecule has 0 aliphatic carbocycles. The van der Waals surface area contributed by atoms with Crippen LogP contribution in [0, 0.1) is 12.8 Å². The van der Waals surface area contributed by atoms with Crippen molar-refractivity contribution in [3.05, 3.63) is 100.0 Å². The molecule has 13 N–H and O–H groups in total. The molecule has 2 aromatic heterocycles. The topological polar surface area (TPSA) is 504 Å². The Balaban J connectivity index is 0.0000146. The number of methoxy groups -OCH3 is 1. The molecule has 3 aliphatic rings. The van der Waals surface area contributed by atoms with Crippen molar-refractivity contribution in [1.82, 2.24) is 51.9 Å². The minimum Gasteiger partial charge on any atom is -0.691 e. The molecule has 8 rings (SSSR count). The van der Waals surface area contributed by atoms with Crippen molar-refractivity contribution in [3.63, 3.8) is 0 Å². The second-order valence-corrected chi connectivity index (χ2v) is 25.9. The summed E-state index contributed by atoms with van der Waals surface area (Å²) in [5.41, 5.74) is 1.39. The summed E-state index contributed by atoms with van der Waals surface area (Å²) in [6, 6.07) is 5.06. The van der Waals surface area contributed by atoms with E-state index < -0.39 is 196 Å². The zero-order chi connectivity index (χ0) is 73.0. The second-order valence-electron chi connectivity index (χ2n) is 24.4. The van der Waals surface area contributed by atoms with Gasteiger partial charge in [-0.2, -0.15) is 0 Å². The Hall–Kier alpha value is -7.86. The Kier molecular flexibility index (Phi) is 31.2. The molecular weight excluding hydrogens is 1400 g/mol. The molecule has 35 nitrogen and oxygen atoms in total. The van der Waals surface area contributed by atoms with Gasteiger partial charge < -0.3 is 110 Å². The number of β-amino-alcohol motifs (C(OH)–C–C–N with tert-alkyl or cyclic N) is 1. The van der Waals surface area contributed by atoms with Gasteiger partial charge >= 0.3 is 41.5 Å². The second kappa shape index (κ2) is 39.1. The Morgan fingerprint density at radius 3 is 2.08 bits per heavy atom. The third-order valence-electron chi connectivity index (χ3n) is 17.0. The van der Waals surface area contributed by atoms with E-state index in [1.165, 1.54) is 43.4 Å². The van der Waals surface area contributed by atoms with Gasteiger partial charge in [0.15, 0.2) is 29.6 Å². The van der Waals surface area contributed by atoms with Crippen molar-refractivity contribution in [2.45, 2.75) is 158 Å². The van der Waals surface area contributed by atoms with Crippen LogP contribution in [-0.2, 0) is 60.6 Å². The molecule has 102 heavy (non-hydrogen) atoms. The number of aromatic hydroxyl groups is 1. The van der Waals surface area contributed by atoms with Crippen LogP contribution in [0.1, 0.15) is 92.7 Å². The predicted octanol–water partition coefficient (Wildman–Crippen LogP) is -4.16. The van der Waals surface area contributed by atoms with E-state index in [4.69, 9.17) is 27.2 Å². The molecule has 3 saturated heterocycles. The Bertz CT molecular complexity index is 3700. The largest absolute Gasteiger partial charge is 1.00 e. The van der Waals surface area contributed by atoms with Gasteiger partial charge in [0.05, 0.1) is 43.2 Å². The summed E-state index contributed by atoms with van der Waals surface area (Å²) < 4.78 is 34.9. The number of alkyl carbamates (subject to hydrolysis) is 1. The van der Waals surface area contributed by atoms with E-state index in [1.54, 1.807) is 19.2 Å². The van der Waals surface area contributed by atoms with Crippen molar-refractivity contribution in [1.29, 1.82) is 0 Å². The van der Waals surface area contributed by atoms with Crippen LogP contribution in [-0.4, -0.2) is 223 Å². The molecular formula is C64H81N10NaO25S2. The van der Waals surface area contributed by atoms with Gasteiger partial charge in [0.25, 0.3) is 18.2 Å². The molecule has 0 saturated carbocycles. The number of aliphatic hydroxyl groups is 6. The van der Waals surface area contributed by atoms with Gasteiger partial charge in [-0.15, -0.1) is 14.5 Å². The van der Waals surface area contributed by atoms with Crippen molar-refractivity contribution in [2.75, 3.05) is 46.5 Å². The summed E-state index contributed by atoms with van der Waals surface area (Å²) in [5.74, 6) is -10.6. The molecule has 8 amide bonds. The van der Waals surface area contributed by atoms with Crippen LogP contribution in [0.2, 0.25) is 0 Å². The van der Waals surface area contributed by atoms with Crippen molar-refractivity contribution in [3.8, 4) is 38.4 Å². The number of nitrogens with one attached hydrogen (secondary N) is 6. The predicted molar refractivity (Wildman–Crippen MR) is 349 cm³/mol. The number of aryl methyl sites for hydroxylation is 1. The van der Waals surface area contributed by atoms with Gasteiger partial charge in [-0.25, -0.2) is 9.59 Å². The summed E-state index contributed by atoms with van der Waals surface area (Å²) in [7, 11) is 1.69. The number of carbonyl (C=O) groups excluding carboxylic acids is 8. The maximum absolute atomic E-state index is 15.1. The maximum Gasteiger partial charge on any atom is 1.00 e. The van der Waals surface area contributed by atoms with Crippen LogP contribution >= 0.6 is 23.7 Å². The number of nitrogens with zero attached hydrogens (tertiary/aromatic N) is 4. The first-order chi connectivity index (χ1) is 48.3. The summed E-state index contributed by atoms with van der Waals surface area (Å²) in [5, 5.41) is 118. The Morgan fingerprint density at radius 1 is 0.775 bits per heavy atom. The summed E-state index contributed by atoms with van der Waals surface area (Å²) >= 11 is 1.26. The number of phenolic OH excluding ortho intramolecular Hbond substituents is 1. The van der Waals surface area contributed by atoms with Crippen LogP contribution in [0.25, 0.3) is 21.1 Å². The maximum atomic E-state index is 15.1. The molecule has 550 valence electrons. The molecule has 5 aromatic rings. The molecule has 3 aliphatic heterocycles. The molecule has 0 unspecified atom stereocenters. The summed E-state index contributed by atoms with van der Waals surface area (Å²) in [6.07, 6.45) is -9.34. The third kappa shape index (κ3) is 22.3. The number of ether oxygens (including phenoxy) is 3. The number of fused-ring (bicyclic) bond motifs is 2. The molecule has 0 spiro atoms. The third-order valence-corrected chi connectivity index (χ3v) is 18.3. The number of hydrogen-bond acceptors (Lipinski definition) is 29. The molecule has 13 atom stereocenters. The SMILES string of the molecule is COCCCCCCCOc1ccc(-c2nnc(-c3ccc(C(=O)N[C@H]4C[C@H](O)CNC(=O)[C@@H]5[C@@H](O)[C@H](C)CN5C(=O)[C@H]([C@H](O)CCNC(=O)OCc5oc(=O)oc5C)NC(=O)[C@H]([C@H](O)Cc5ccc(O)c(OSOO[O-])c5)NC(=O)[C@@H]5C[C@@H](O)CN5C(=O)[C@H]([C@@H](C)O)NC4=O)cc3)s2)cc1.[Na+]. The minimum atomic E-state index is -2.23. The monoisotopic (exact) mass is 1480 g/mol. The zero-order valence-electron chi connectivity index (χ0n) is 56.3. The number of benzene rings is 3. The van der Waals surface area contributed by atoms with Crippen molar-refractivity contribution < 1.29 is 146 Å². The van der Waals surface area contributed by atoms with Gasteiger partial charge in [0, 0.05) is 81.8 Å². The molecule has 0 radical (unpaired) electrons. The number of phenols is 1. The fourth-order valence-corrected chi connectivity index (χ4v) is 12.6. The van der Waals surface area contributed by atoms with Gasteiger partial charge in [0.1, 0.15) is 52.0 Å². The molecule has 38 heteroatoms.